The Bertz CT molecular complexity index is 299. The predicted molar refractivity (Wildman–Crippen MR) is 48.2 cm³/mol. The second-order valence-electron chi connectivity index (χ2n) is 2.97. The molecular weight excluding hydrogens is 152 g/mol. The fourth-order valence-corrected chi connectivity index (χ4v) is 1.42. The lowest BCUT2D eigenvalue weighted by Crippen LogP contribution is -2.38. The first-order chi connectivity index (χ1) is 5.79. The first-order valence-corrected chi connectivity index (χ1v) is 4.03. The second-order valence-corrected chi connectivity index (χ2v) is 2.97. The molecule has 0 bridgehead atoms. The minimum absolute atomic E-state index is 0.675. The number of fused-ring (bicyclic) bond motifs is 1. The molecule has 0 fully saturated rings. The summed E-state index contributed by atoms with van der Waals surface area (Å²) < 4.78 is 5.50. The number of para-hydroxylation sites is 1. The van der Waals surface area contributed by atoms with E-state index in [-0.39, 0.29) is 0 Å². The topological polar surface area (TPSA) is 38.5 Å². The zero-order chi connectivity index (χ0) is 8.55. The molecule has 64 valence electrons. The Kier molecular flexibility index (Phi) is 1.66. The smallest absolute Gasteiger partial charge is 0.146 e. The molecule has 1 aromatic rings. The van der Waals surface area contributed by atoms with Gasteiger partial charge in [0.05, 0.1) is 12.2 Å². The normalized spacial score (nSPS) is 15.3. The molecular formula is C9H12N2O. The predicted octanol–water partition coefficient (Wildman–Crippen LogP) is 1.07. The molecule has 2 N–H and O–H groups in total. The molecule has 0 aromatic heterocycles. The molecule has 2 rings (SSSR count). The van der Waals surface area contributed by atoms with Crippen LogP contribution >= 0.6 is 0 Å². The Morgan fingerprint density at radius 1 is 1.50 bits per heavy atom. The van der Waals surface area contributed by atoms with Gasteiger partial charge in [-0.2, -0.15) is 0 Å². The minimum atomic E-state index is 0.675. The zero-order valence-electron chi connectivity index (χ0n) is 7.08. The van der Waals surface area contributed by atoms with E-state index in [1.165, 1.54) is 0 Å². The summed E-state index contributed by atoms with van der Waals surface area (Å²) in [6, 6.07) is 5.99. The van der Waals surface area contributed by atoms with Gasteiger partial charge in [-0.15, -0.1) is 0 Å². The summed E-state index contributed by atoms with van der Waals surface area (Å²) >= 11 is 0. The van der Waals surface area contributed by atoms with Crippen molar-refractivity contribution in [2.24, 2.45) is 5.84 Å². The van der Waals surface area contributed by atoms with Gasteiger partial charge in [0.25, 0.3) is 0 Å². The lowest BCUT2D eigenvalue weighted by atomic mass is 10.1. The maximum Gasteiger partial charge on any atom is 0.146 e. The monoisotopic (exact) mass is 164 g/mol. The Balaban J connectivity index is 2.52. The highest BCUT2D eigenvalue weighted by Gasteiger charge is 2.15. The molecule has 1 aliphatic heterocycles. The lowest BCUT2D eigenvalue weighted by Gasteiger charge is -2.27. The van der Waals surface area contributed by atoms with Gasteiger partial charge in [0.1, 0.15) is 12.4 Å². The zero-order valence-corrected chi connectivity index (χ0v) is 7.08. The summed E-state index contributed by atoms with van der Waals surface area (Å²) in [4.78, 5) is 0. The van der Waals surface area contributed by atoms with Gasteiger partial charge in [-0.05, 0) is 18.6 Å². The number of hydrogen-bond acceptors (Lipinski definition) is 3. The molecule has 0 aliphatic carbocycles. The molecule has 0 amide bonds. The van der Waals surface area contributed by atoms with Crippen LogP contribution in [-0.2, 0) is 0 Å². The van der Waals surface area contributed by atoms with Crippen molar-refractivity contribution in [3.8, 4) is 5.75 Å². The number of rotatable bonds is 0. The van der Waals surface area contributed by atoms with Crippen LogP contribution in [0.25, 0.3) is 0 Å². The summed E-state index contributed by atoms with van der Waals surface area (Å²) in [5.41, 5.74) is 2.13. The largest absolute Gasteiger partial charge is 0.489 e. The van der Waals surface area contributed by atoms with Crippen LogP contribution in [0.1, 0.15) is 5.56 Å². The van der Waals surface area contributed by atoms with E-state index in [0.717, 1.165) is 23.5 Å². The van der Waals surface area contributed by atoms with Gasteiger partial charge in [-0.25, -0.2) is 5.84 Å². The molecule has 12 heavy (non-hydrogen) atoms. The molecule has 1 heterocycles. The molecule has 3 nitrogen and oxygen atoms in total. The molecule has 0 atom stereocenters. The average Bonchev–Trinajstić information content (AvgIpc) is 2.07. The van der Waals surface area contributed by atoms with Crippen molar-refractivity contribution in [2.45, 2.75) is 6.92 Å². The van der Waals surface area contributed by atoms with Crippen molar-refractivity contribution in [3.05, 3.63) is 23.8 Å². The molecule has 0 unspecified atom stereocenters. The second kappa shape index (κ2) is 2.68. The fourth-order valence-electron chi connectivity index (χ4n) is 1.42. The van der Waals surface area contributed by atoms with Crippen LogP contribution in [-0.4, -0.2) is 13.2 Å². The Labute approximate surface area is 71.7 Å². The van der Waals surface area contributed by atoms with Crippen LogP contribution < -0.4 is 15.6 Å². The van der Waals surface area contributed by atoms with Gasteiger partial charge < -0.3 is 9.75 Å². The average molecular weight is 164 g/mol. The maximum atomic E-state index is 5.77. The first-order valence-electron chi connectivity index (χ1n) is 4.03. The molecule has 1 aliphatic rings. The van der Waals surface area contributed by atoms with Crippen LogP contribution in [0.2, 0.25) is 0 Å². The lowest BCUT2D eigenvalue weighted by molar-refractivity contribution is 0.306. The number of benzene rings is 1. The Morgan fingerprint density at radius 2 is 2.33 bits per heavy atom. The van der Waals surface area contributed by atoms with Crippen LogP contribution in [0.3, 0.4) is 0 Å². The summed E-state index contributed by atoms with van der Waals surface area (Å²) in [7, 11) is 0. The number of nitrogens with two attached hydrogens (primary N) is 1. The molecule has 3 heteroatoms. The van der Waals surface area contributed by atoms with Crippen molar-refractivity contribution in [1.82, 2.24) is 0 Å². The summed E-state index contributed by atoms with van der Waals surface area (Å²) in [5.74, 6) is 6.69. The first kappa shape index (κ1) is 7.43. The van der Waals surface area contributed by atoms with Gasteiger partial charge in [-0.1, -0.05) is 12.1 Å². The van der Waals surface area contributed by atoms with Gasteiger partial charge in [0, 0.05) is 0 Å². The van der Waals surface area contributed by atoms with Crippen LogP contribution in [0, 0.1) is 6.92 Å². The highest BCUT2D eigenvalue weighted by molar-refractivity contribution is 5.61. The SMILES string of the molecule is Cc1cccc2c1OCCN2N. The number of hydrazine groups is 1. The van der Waals surface area contributed by atoms with E-state index in [0.29, 0.717) is 6.61 Å². The standard InChI is InChI=1S/C9H12N2O/c1-7-3-2-4-8-9(7)12-6-5-11(8)10/h2-4H,5-6,10H2,1H3. The van der Waals surface area contributed by atoms with Crippen LogP contribution in [0.4, 0.5) is 5.69 Å². The molecule has 1 aromatic carbocycles. The number of ether oxygens (including phenoxy) is 1. The Hall–Kier alpha value is -1.22. The quantitative estimate of drug-likeness (QED) is 0.583. The van der Waals surface area contributed by atoms with E-state index in [4.69, 9.17) is 10.6 Å². The van der Waals surface area contributed by atoms with Crippen molar-refractivity contribution in [1.29, 1.82) is 0 Å². The van der Waals surface area contributed by atoms with E-state index in [9.17, 15) is 0 Å². The molecule has 0 saturated heterocycles. The van der Waals surface area contributed by atoms with Crippen molar-refractivity contribution >= 4 is 5.69 Å². The van der Waals surface area contributed by atoms with E-state index in [1.807, 2.05) is 25.1 Å². The van der Waals surface area contributed by atoms with Crippen molar-refractivity contribution < 1.29 is 4.74 Å². The fraction of sp³-hybridized carbons (Fsp3) is 0.333. The number of anilines is 1. The van der Waals surface area contributed by atoms with Crippen LogP contribution in [0.5, 0.6) is 5.75 Å². The highest BCUT2D eigenvalue weighted by atomic mass is 16.5. The summed E-state index contributed by atoms with van der Waals surface area (Å²) in [6.07, 6.45) is 0. The van der Waals surface area contributed by atoms with Gasteiger partial charge >= 0.3 is 0 Å². The van der Waals surface area contributed by atoms with Crippen molar-refractivity contribution in [2.75, 3.05) is 18.2 Å². The number of aryl methyl sites for hydroxylation is 1. The van der Waals surface area contributed by atoms with Gasteiger partial charge in [0.15, 0.2) is 0 Å². The molecule has 0 saturated carbocycles. The molecule has 0 radical (unpaired) electrons. The molecule has 0 spiro atoms. The third kappa shape index (κ3) is 1.02. The minimum Gasteiger partial charge on any atom is -0.489 e. The van der Waals surface area contributed by atoms with E-state index in [1.54, 1.807) is 5.01 Å². The third-order valence-corrected chi connectivity index (χ3v) is 2.08. The maximum absolute atomic E-state index is 5.77. The van der Waals surface area contributed by atoms with E-state index < -0.39 is 0 Å². The highest BCUT2D eigenvalue weighted by Crippen LogP contribution is 2.32. The van der Waals surface area contributed by atoms with Gasteiger partial charge in [-0.3, -0.25) is 0 Å². The number of nitrogens with zero attached hydrogens (tertiary/aromatic N) is 1. The van der Waals surface area contributed by atoms with E-state index in [2.05, 4.69) is 0 Å². The van der Waals surface area contributed by atoms with Crippen LogP contribution in [0.15, 0.2) is 18.2 Å². The van der Waals surface area contributed by atoms with Gasteiger partial charge in [0.2, 0.25) is 0 Å². The third-order valence-electron chi connectivity index (χ3n) is 2.08. The number of hydrogen-bond donors (Lipinski definition) is 1. The van der Waals surface area contributed by atoms with Crippen molar-refractivity contribution in [3.63, 3.8) is 0 Å². The summed E-state index contributed by atoms with van der Waals surface area (Å²) in [6.45, 7) is 3.46. The summed E-state index contributed by atoms with van der Waals surface area (Å²) in [5, 5.41) is 1.73. The Morgan fingerprint density at radius 3 is 3.08 bits per heavy atom. The van der Waals surface area contributed by atoms with E-state index >= 15 is 0 Å².